The number of rotatable bonds is 5. The highest BCUT2D eigenvalue weighted by atomic mass is 31.3. The van der Waals surface area contributed by atoms with Gasteiger partial charge in [-0.05, 0) is 0 Å². The average molecular weight is 340 g/mol. The van der Waals surface area contributed by atoms with E-state index in [1.165, 1.54) is 0 Å². The van der Waals surface area contributed by atoms with Gasteiger partial charge in [-0.15, -0.1) is 0 Å². The summed E-state index contributed by atoms with van der Waals surface area (Å²) in [6, 6.07) is 0. The second kappa shape index (κ2) is 6.44. The maximum absolute atomic E-state index is 11.2. The molecule has 1 unspecified atom stereocenters. The van der Waals surface area contributed by atoms with E-state index in [2.05, 4.69) is 13.6 Å². The smallest absolute Gasteiger partial charge is 0.394 e. The fourth-order valence-electron chi connectivity index (χ4n) is 1.44. The first kappa shape index (κ1) is 18.1. The minimum Gasteiger partial charge on any atom is -0.394 e. The topological polar surface area (TPSA) is 203 Å². The van der Waals surface area contributed by atoms with Gasteiger partial charge in [0.2, 0.25) is 0 Å². The van der Waals surface area contributed by atoms with E-state index in [1.807, 2.05) is 0 Å². The van der Waals surface area contributed by atoms with Crippen LogP contribution in [0.15, 0.2) is 0 Å². The van der Waals surface area contributed by atoms with Crippen molar-refractivity contribution >= 4 is 15.6 Å². The highest BCUT2D eigenvalue weighted by molar-refractivity contribution is 7.60. The van der Waals surface area contributed by atoms with Crippen molar-refractivity contribution in [3.63, 3.8) is 0 Å². The molecule has 1 fully saturated rings. The second-order valence-corrected chi connectivity index (χ2v) is 6.63. The zero-order valence-corrected chi connectivity index (χ0v) is 11.4. The Hall–Kier alpha value is 0.0600. The lowest BCUT2D eigenvalue weighted by Crippen LogP contribution is -2.58. The lowest BCUT2D eigenvalue weighted by Gasteiger charge is -2.39. The van der Waals surface area contributed by atoms with Crippen molar-refractivity contribution in [2.45, 2.75) is 30.7 Å². The highest BCUT2D eigenvalue weighted by Crippen LogP contribution is 2.58. The van der Waals surface area contributed by atoms with E-state index in [-0.39, 0.29) is 0 Å². The van der Waals surface area contributed by atoms with Gasteiger partial charge in [0.1, 0.15) is 24.4 Å². The van der Waals surface area contributed by atoms with Crippen LogP contribution < -0.4 is 0 Å². The van der Waals surface area contributed by atoms with Crippen LogP contribution in [0.25, 0.3) is 0 Å². The van der Waals surface area contributed by atoms with Crippen LogP contribution >= 0.6 is 15.6 Å². The van der Waals surface area contributed by atoms with Gasteiger partial charge in [-0.25, -0.2) is 9.13 Å². The SMILES string of the molecule is O=P(O)(O)OP(=O)(O)O[C@@H]1O[C@H](CO)[C@H](O)[C@H](O)[C@H]1O. The van der Waals surface area contributed by atoms with Gasteiger partial charge in [0.05, 0.1) is 6.61 Å². The molecule has 0 amide bonds. The zero-order valence-electron chi connectivity index (χ0n) is 9.66. The summed E-state index contributed by atoms with van der Waals surface area (Å²) >= 11 is 0. The van der Waals surface area contributed by atoms with Crippen LogP contribution in [0.5, 0.6) is 0 Å². The van der Waals surface area contributed by atoms with Crippen LogP contribution in [-0.4, -0.2) is 72.4 Å². The summed E-state index contributed by atoms with van der Waals surface area (Å²) < 4.78 is 34.0. The molecule has 0 saturated carbocycles. The predicted molar refractivity (Wildman–Crippen MR) is 57.8 cm³/mol. The molecular weight excluding hydrogens is 326 g/mol. The van der Waals surface area contributed by atoms with E-state index in [0.717, 1.165) is 0 Å². The van der Waals surface area contributed by atoms with E-state index in [0.29, 0.717) is 0 Å². The zero-order chi connectivity index (χ0) is 15.7. The third-order valence-electron chi connectivity index (χ3n) is 2.30. The quantitative estimate of drug-likeness (QED) is 0.250. The maximum Gasteiger partial charge on any atom is 0.483 e. The number of phosphoric acid groups is 2. The van der Waals surface area contributed by atoms with Crippen LogP contribution in [0.3, 0.4) is 0 Å². The number of aliphatic hydroxyl groups excluding tert-OH is 4. The number of aliphatic hydroxyl groups is 4. The molecule has 0 spiro atoms. The summed E-state index contributed by atoms with van der Waals surface area (Å²) in [5.41, 5.74) is 0. The molecule has 7 N–H and O–H groups in total. The molecule has 14 heteroatoms. The molecule has 0 aromatic heterocycles. The van der Waals surface area contributed by atoms with Crippen LogP contribution in [0, 0.1) is 0 Å². The van der Waals surface area contributed by atoms with Gasteiger partial charge in [-0.3, -0.25) is 4.52 Å². The molecule has 1 aliphatic heterocycles. The van der Waals surface area contributed by atoms with Crippen molar-refractivity contribution in [1.29, 1.82) is 0 Å². The molecular formula is C6H14O12P2. The summed E-state index contributed by atoms with van der Waals surface area (Å²) in [6.07, 6.45) is -9.12. The molecule has 6 atom stereocenters. The molecule has 120 valence electrons. The van der Waals surface area contributed by atoms with Crippen molar-refractivity contribution in [1.82, 2.24) is 0 Å². The fourth-order valence-corrected chi connectivity index (χ4v) is 3.11. The van der Waals surface area contributed by atoms with Gasteiger partial charge in [0.25, 0.3) is 0 Å². The molecule has 0 radical (unpaired) electrons. The summed E-state index contributed by atoms with van der Waals surface area (Å²) in [7, 11) is -10.7. The Kier molecular flexibility index (Phi) is 5.83. The van der Waals surface area contributed by atoms with E-state index >= 15 is 0 Å². The lowest BCUT2D eigenvalue weighted by molar-refractivity contribution is -0.280. The number of ether oxygens (including phenoxy) is 1. The van der Waals surface area contributed by atoms with Gasteiger partial charge in [0, 0.05) is 0 Å². The standard InChI is InChI=1S/C6H14O12P2/c7-1-2-3(8)4(9)5(10)6(16-2)17-20(14,15)18-19(11,12)13/h2-10H,1H2,(H,14,15)(H2,11,12,13)/t2-,3+,4+,5-,6+/m1/s1. The first-order valence-electron chi connectivity index (χ1n) is 5.05. The number of hydrogen-bond donors (Lipinski definition) is 7. The van der Waals surface area contributed by atoms with Gasteiger partial charge in [-0.2, -0.15) is 4.31 Å². The predicted octanol–water partition coefficient (Wildman–Crippen LogP) is -2.99. The monoisotopic (exact) mass is 340 g/mol. The maximum atomic E-state index is 11.2. The summed E-state index contributed by atoms with van der Waals surface area (Å²) in [6.45, 7) is -0.820. The molecule has 0 aromatic rings. The summed E-state index contributed by atoms with van der Waals surface area (Å²) in [5.74, 6) is 0. The molecule has 1 rings (SSSR count). The summed E-state index contributed by atoms with van der Waals surface area (Å²) in [5, 5.41) is 37.1. The first-order chi connectivity index (χ1) is 8.97. The van der Waals surface area contributed by atoms with Crippen molar-refractivity contribution in [2.75, 3.05) is 6.61 Å². The number of hydrogen-bond acceptors (Lipinski definition) is 9. The van der Waals surface area contributed by atoms with E-state index in [9.17, 15) is 24.4 Å². The van der Waals surface area contributed by atoms with Crippen molar-refractivity contribution < 1.29 is 57.8 Å². The van der Waals surface area contributed by atoms with E-state index < -0.39 is 53.0 Å². The molecule has 1 heterocycles. The van der Waals surface area contributed by atoms with Gasteiger partial charge in [0.15, 0.2) is 6.29 Å². The van der Waals surface area contributed by atoms with Gasteiger partial charge < -0.3 is 39.8 Å². The Bertz CT molecular complexity index is 418. The van der Waals surface area contributed by atoms with Crippen molar-refractivity contribution in [2.24, 2.45) is 0 Å². The molecule has 0 aromatic carbocycles. The minimum atomic E-state index is -5.36. The number of phosphoric ester groups is 1. The van der Waals surface area contributed by atoms with E-state index in [4.69, 9.17) is 19.8 Å². The normalized spacial score (nSPS) is 38.5. The molecule has 1 aliphatic rings. The lowest BCUT2D eigenvalue weighted by atomic mass is 10.00. The van der Waals surface area contributed by atoms with Crippen LogP contribution in [0.2, 0.25) is 0 Å². The Morgan fingerprint density at radius 2 is 1.55 bits per heavy atom. The Morgan fingerprint density at radius 3 is 2.00 bits per heavy atom. The molecule has 0 aliphatic carbocycles. The van der Waals surface area contributed by atoms with Crippen LogP contribution in [-0.2, 0) is 22.7 Å². The van der Waals surface area contributed by atoms with Crippen molar-refractivity contribution in [3.05, 3.63) is 0 Å². The van der Waals surface area contributed by atoms with Crippen LogP contribution in [0.4, 0.5) is 0 Å². The first-order valence-corrected chi connectivity index (χ1v) is 8.08. The van der Waals surface area contributed by atoms with Gasteiger partial charge >= 0.3 is 15.6 Å². The third-order valence-corrected chi connectivity index (χ3v) is 4.45. The Labute approximate surface area is 112 Å². The fraction of sp³-hybridized carbons (Fsp3) is 1.00. The minimum absolute atomic E-state index is 0.820. The van der Waals surface area contributed by atoms with Gasteiger partial charge in [-0.1, -0.05) is 0 Å². The molecule has 12 nitrogen and oxygen atoms in total. The largest absolute Gasteiger partial charge is 0.483 e. The molecule has 1 saturated heterocycles. The van der Waals surface area contributed by atoms with E-state index in [1.54, 1.807) is 0 Å². The average Bonchev–Trinajstić information content (AvgIpc) is 2.26. The molecule has 20 heavy (non-hydrogen) atoms. The highest BCUT2D eigenvalue weighted by Gasteiger charge is 2.47. The van der Waals surface area contributed by atoms with Crippen molar-refractivity contribution in [3.8, 4) is 0 Å². The Morgan fingerprint density at radius 1 is 1.00 bits per heavy atom. The van der Waals surface area contributed by atoms with Crippen LogP contribution in [0.1, 0.15) is 0 Å². The second-order valence-electron chi connectivity index (χ2n) is 3.84. The molecule has 0 bridgehead atoms. The third kappa shape index (κ3) is 4.81. The Balaban J connectivity index is 2.80. The summed E-state index contributed by atoms with van der Waals surface area (Å²) in [4.78, 5) is 25.8.